The van der Waals surface area contributed by atoms with Gasteiger partial charge < -0.3 is 10.1 Å². The van der Waals surface area contributed by atoms with Gasteiger partial charge in [0.25, 0.3) is 0 Å². The van der Waals surface area contributed by atoms with Crippen molar-refractivity contribution in [3.05, 3.63) is 76.5 Å². The molecule has 1 fully saturated rings. The molecule has 1 saturated heterocycles. The largest absolute Gasteiger partial charge is 0.463 e. The molecule has 11 heteroatoms. The summed E-state index contributed by atoms with van der Waals surface area (Å²) in [6.45, 7) is 7.47. The highest BCUT2D eigenvalue weighted by Crippen LogP contribution is 2.32. The highest BCUT2D eigenvalue weighted by Gasteiger charge is 2.40. The molecular formula is C27H33ClN4O5S. The Morgan fingerprint density at radius 2 is 1.76 bits per heavy atom. The van der Waals surface area contributed by atoms with Gasteiger partial charge in [0.15, 0.2) is 0 Å². The van der Waals surface area contributed by atoms with Crippen molar-refractivity contribution >= 4 is 33.6 Å². The molecule has 204 valence electrons. The van der Waals surface area contributed by atoms with Gasteiger partial charge in [-0.2, -0.15) is 4.31 Å². The molecule has 0 aromatic heterocycles. The third kappa shape index (κ3) is 5.73. The fraction of sp³-hybridized carbons (Fsp3) is 0.407. The van der Waals surface area contributed by atoms with Crippen LogP contribution in [0.25, 0.3) is 0 Å². The van der Waals surface area contributed by atoms with E-state index < -0.39 is 22.0 Å². The Balaban J connectivity index is 1.63. The van der Waals surface area contributed by atoms with Crippen LogP contribution in [0.2, 0.25) is 5.02 Å². The number of nitrogens with one attached hydrogen (secondary N) is 1. The van der Waals surface area contributed by atoms with Crippen molar-refractivity contribution in [2.24, 2.45) is 0 Å². The van der Waals surface area contributed by atoms with Gasteiger partial charge in [0.05, 0.1) is 23.1 Å². The molecule has 9 nitrogen and oxygen atoms in total. The van der Waals surface area contributed by atoms with Crippen molar-refractivity contribution in [3.8, 4) is 0 Å². The molecule has 2 aromatic carbocycles. The molecule has 0 bridgehead atoms. The molecule has 2 heterocycles. The summed E-state index contributed by atoms with van der Waals surface area (Å²) < 4.78 is 33.5. The van der Waals surface area contributed by atoms with Crippen LogP contribution in [0, 0.1) is 0 Å². The van der Waals surface area contributed by atoms with Gasteiger partial charge >= 0.3 is 12.0 Å². The van der Waals surface area contributed by atoms with Crippen LogP contribution in [0.5, 0.6) is 0 Å². The number of urea groups is 1. The van der Waals surface area contributed by atoms with Crippen molar-refractivity contribution in [3.63, 3.8) is 0 Å². The molecule has 4 rings (SSSR count). The maximum absolute atomic E-state index is 13.3. The van der Waals surface area contributed by atoms with E-state index in [1.807, 2.05) is 44.2 Å². The maximum Gasteiger partial charge on any atom is 0.338 e. The van der Waals surface area contributed by atoms with Crippen LogP contribution in [0.3, 0.4) is 0 Å². The van der Waals surface area contributed by atoms with E-state index in [4.69, 9.17) is 16.3 Å². The number of nitrogens with zero attached hydrogens (tertiary/aromatic N) is 3. The predicted octanol–water partition coefficient (Wildman–Crippen LogP) is 3.64. The van der Waals surface area contributed by atoms with E-state index >= 15 is 0 Å². The lowest BCUT2D eigenvalue weighted by Gasteiger charge is -2.42. The summed E-state index contributed by atoms with van der Waals surface area (Å²) in [4.78, 5) is 30.2. The number of piperazine rings is 1. The van der Waals surface area contributed by atoms with Gasteiger partial charge in [-0.05, 0) is 50.6 Å². The molecule has 0 spiro atoms. The van der Waals surface area contributed by atoms with Gasteiger partial charge in [-0.1, -0.05) is 41.9 Å². The number of sulfonamides is 1. The second kappa shape index (κ2) is 11.9. The fourth-order valence-corrected chi connectivity index (χ4v) is 6.76. The smallest absolute Gasteiger partial charge is 0.338 e. The molecule has 2 atom stereocenters. The standard InChI is InChI=1S/C27H33ClN4O5S/c1-4-31-23(24(26(33)37-5-2)25(29-27(31)34)20-9-7-6-8-10-20)18-30-15-16-32(19(3)17-30)38(35,36)22-13-11-21(28)12-14-22/h6-14,19,25H,4-5,15-18H2,1-3H3,(H,29,34)/t19-,25+/m1/s1. The van der Waals surface area contributed by atoms with Crippen LogP contribution < -0.4 is 5.32 Å². The van der Waals surface area contributed by atoms with Gasteiger partial charge in [0.2, 0.25) is 10.0 Å². The fourth-order valence-electron chi connectivity index (χ4n) is 5.02. The van der Waals surface area contributed by atoms with Crippen LogP contribution in [0.15, 0.2) is 70.8 Å². The van der Waals surface area contributed by atoms with E-state index in [0.29, 0.717) is 42.5 Å². The summed E-state index contributed by atoms with van der Waals surface area (Å²) in [6.07, 6.45) is 0. The van der Waals surface area contributed by atoms with Crippen LogP contribution >= 0.6 is 11.6 Å². The Morgan fingerprint density at radius 1 is 1.08 bits per heavy atom. The summed E-state index contributed by atoms with van der Waals surface area (Å²) in [5.74, 6) is -0.480. The molecule has 0 saturated carbocycles. The SMILES string of the molecule is CCOC(=O)C1=C(CN2CCN(S(=O)(=O)c3ccc(Cl)cc3)[C@H](C)C2)N(CC)C(=O)N[C@H]1c1ccccc1. The van der Waals surface area contributed by atoms with Crippen LogP contribution in [-0.2, 0) is 19.6 Å². The van der Waals surface area contributed by atoms with Crippen molar-refractivity contribution in [2.75, 3.05) is 39.3 Å². The molecular weight excluding hydrogens is 528 g/mol. The van der Waals surface area contributed by atoms with Crippen LogP contribution in [-0.4, -0.2) is 79.9 Å². The molecule has 2 aliphatic heterocycles. The molecule has 0 aliphatic carbocycles. The number of rotatable bonds is 8. The number of amides is 2. The van der Waals surface area contributed by atoms with E-state index in [1.165, 1.54) is 16.4 Å². The minimum absolute atomic E-state index is 0.196. The third-order valence-electron chi connectivity index (χ3n) is 6.83. The summed E-state index contributed by atoms with van der Waals surface area (Å²) >= 11 is 5.94. The van der Waals surface area contributed by atoms with E-state index in [9.17, 15) is 18.0 Å². The summed E-state index contributed by atoms with van der Waals surface area (Å²) in [6, 6.07) is 14.2. The molecule has 38 heavy (non-hydrogen) atoms. The zero-order chi connectivity index (χ0) is 27.4. The van der Waals surface area contributed by atoms with Gasteiger partial charge in [-0.25, -0.2) is 18.0 Å². The monoisotopic (exact) mass is 560 g/mol. The van der Waals surface area contributed by atoms with E-state index in [0.717, 1.165) is 5.56 Å². The lowest BCUT2D eigenvalue weighted by atomic mass is 9.94. The first-order valence-electron chi connectivity index (χ1n) is 12.7. The van der Waals surface area contributed by atoms with Crippen LogP contribution in [0.4, 0.5) is 4.79 Å². The Labute approximate surface area is 229 Å². The number of likely N-dealkylation sites (N-methyl/N-ethyl adjacent to an activating group) is 1. The summed E-state index contributed by atoms with van der Waals surface area (Å²) in [5, 5.41) is 3.43. The van der Waals surface area contributed by atoms with Crippen molar-refractivity contribution < 1.29 is 22.7 Å². The number of halogens is 1. The number of hydrogen-bond donors (Lipinski definition) is 1. The van der Waals surface area contributed by atoms with Gasteiger partial charge in [-0.15, -0.1) is 0 Å². The van der Waals surface area contributed by atoms with Gasteiger partial charge in [0.1, 0.15) is 0 Å². The minimum atomic E-state index is -3.70. The molecule has 2 aliphatic rings. The van der Waals surface area contributed by atoms with E-state index in [-0.39, 0.29) is 30.1 Å². The Bertz CT molecular complexity index is 1300. The second-order valence-corrected chi connectivity index (χ2v) is 11.6. The number of carbonyl (C=O) groups excluding carboxylic acids is 2. The molecule has 2 aromatic rings. The Hall–Kier alpha value is -2.92. The number of carbonyl (C=O) groups is 2. The van der Waals surface area contributed by atoms with Gasteiger partial charge in [-0.3, -0.25) is 9.80 Å². The molecule has 1 N–H and O–H groups in total. The van der Waals surface area contributed by atoms with Crippen molar-refractivity contribution in [1.82, 2.24) is 19.4 Å². The minimum Gasteiger partial charge on any atom is -0.463 e. The number of benzene rings is 2. The number of esters is 1. The molecule has 0 unspecified atom stereocenters. The highest BCUT2D eigenvalue weighted by atomic mass is 35.5. The first-order valence-corrected chi connectivity index (χ1v) is 14.5. The average Bonchev–Trinajstić information content (AvgIpc) is 2.89. The maximum atomic E-state index is 13.3. The summed E-state index contributed by atoms with van der Waals surface area (Å²) in [7, 11) is -3.70. The molecule has 2 amide bonds. The zero-order valence-electron chi connectivity index (χ0n) is 21.8. The van der Waals surface area contributed by atoms with Crippen LogP contribution in [0.1, 0.15) is 32.4 Å². The first kappa shape index (κ1) is 28.1. The number of ether oxygens (including phenoxy) is 1. The quantitative estimate of drug-likeness (QED) is 0.495. The topological polar surface area (TPSA) is 99.3 Å². The Morgan fingerprint density at radius 3 is 2.37 bits per heavy atom. The Kier molecular flexibility index (Phi) is 8.77. The molecule has 0 radical (unpaired) electrons. The van der Waals surface area contributed by atoms with Crippen molar-refractivity contribution in [1.29, 1.82) is 0 Å². The van der Waals surface area contributed by atoms with Crippen molar-refractivity contribution in [2.45, 2.75) is 37.8 Å². The van der Waals surface area contributed by atoms with E-state index in [1.54, 1.807) is 24.0 Å². The zero-order valence-corrected chi connectivity index (χ0v) is 23.3. The van der Waals surface area contributed by atoms with E-state index in [2.05, 4.69) is 10.2 Å². The first-order chi connectivity index (χ1) is 18.2. The lowest BCUT2D eigenvalue weighted by molar-refractivity contribution is -0.139. The normalized spacial score (nSPS) is 21.4. The number of hydrogen-bond acceptors (Lipinski definition) is 6. The second-order valence-electron chi connectivity index (χ2n) is 9.27. The highest BCUT2D eigenvalue weighted by molar-refractivity contribution is 7.89. The average molecular weight is 561 g/mol. The predicted molar refractivity (Wildman–Crippen MR) is 145 cm³/mol. The lowest BCUT2D eigenvalue weighted by Crippen LogP contribution is -2.56. The third-order valence-corrected chi connectivity index (χ3v) is 9.11. The van der Waals surface area contributed by atoms with Gasteiger partial charge in [0, 0.05) is 49.5 Å². The summed E-state index contributed by atoms with van der Waals surface area (Å²) in [5.41, 5.74) is 1.75.